The van der Waals surface area contributed by atoms with Crippen molar-refractivity contribution < 1.29 is 9.18 Å². The second kappa shape index (κ2) is 8.14. The molecule has 1 fully saturated rings. The number of anilines is 1. The number of aromatic amines is 1. The highest BCUT2D eigenvalue weighted by atomic mass is 79.9. The highest BCUT2D eigenvalue weighted by Gasteiger charge is 2.25. The summed E-state index contributed by atoms with van der Waals surface area (Å²) in [5.74, 6) is 0.596. The van der Waals surface area contributed by atoms with Gasteiger partial charge in [0, 0.05) is 29.7 Å². The molecule has 28 heavy (non-hydrogen) atoms. The van der Waals surface area contributed by atoms with E-state index in [1.807, 2.05) is 30.3 Å². The second-order valence-electron chi connectivity index (χ2n) is 6.91. The molecule has 0 bridgehead atoms. The van der Waals surface area contributed by atoms with Gasteiger partial charge in [0.2, 0.25) is 5.91 Å². The van der Waals surface area contributed by atoms with E-state index in [1.54, 1.807) is 12.1 Å². The van der Waals surface area contributed by atoms with E-state index in [0.717, 1.165) is 46.6 Å². The Morgan fingerprint density at radius 2 is 2.04 bits per heavy atom. The Labute approximate surface area is 171 Å². The molecular weight excluding hydrogens is 423 g/mol. The first kappa shape index (κ1) is 18.7. The normalized spacial score (nSPS) is 16.4. The van der Waals surface area contributed by atoms with Gasteiger partial charge in [-0.3, -0.25) is 9.89 Å². The molecule has 2 heterocycles. The fourth-order valence-electron chi connectivity index (χ4n) is 3.43. The van der Waals surface area contributed by atoms with Gasteiger partial charge >= 0.3 is 0 Å². The summed E-state index contributed by atoms with van der Waals surface area (Å²) < 4.78 is 14.0. The maximum absolute atomic E-state index is 13.1. The van der Waals surface area contributed by atoms with Crippen LogP contribution in [0, 0.1) is 5.82 Å². The summed E-state index contributed by atoms with van der Waals surface area (Å²) >= 11 is 3.48. The number of halogens is 2. The molecule has 0 aliphatic carbocycles. The quantitative estimate of drug-likeness (QED) is 0.629. The van der Waals surface area contributed by atoms with Gasteiger partial charge in [-0.2, -0.15) is 5.10 Å². The molecule has 7 heteroatoms. The third-order valence-corrected chi connectivity index (χ3v) is 5.68. The number of amides is 1. The average molecular weight is 443 g/mol. The number of hydrogen-bond donors (Lipinski definition) is 2. The number of benzene rings is 2. The third kappa shape index (κ3) is 4.25. The van der Waals surface area contributed by atoms with Crippen LogP contribution in [-0.4, -0.2) is 35.2 Å². The van der Waals surface area contributed by atoms with Crippen LogP contribution in [-0.2, 0) is 11.2 Å². The van der Waals surface area contributed by atoms with Crippen molar-refractivity contribution in [3.05, 3.63) is 70.5 Å². The molecule has 5 nitrogen and oxygen atoms in total. The van der Waals surface area contributed by atoms with Crippen LogP contribution in [0.3, 0.4) is 0 Å². The van der Waals surface area contributed by atoms with Crippen LogP contribution < -0.4 is 10.2 Å². The number of aromatic nitrogens is 2. The molecule has 1 aliphatic heterocycles. The highest BCUT2D eigenvalue weighted by Crippen LogP contribution is 2.25. The standard InChI is InChI=1S/C21H20BrFN4O/c22-18-4-2-1-3-15(18)11-21(28)24-17-9-10-27(13-17)20-12-19(25-26-20)14-5-7-16(23)8-6-14/h1-8,12,17H,9-11,13H2,(H,24,28)(H,25,26)/t17-/m1/s1. The van der Waals surface area contributed by atoms with Crippen LogP contribution in [0.1, 0.15) is 12.0 Å². The Hall–Kier alpha value is -2.67. The SMILES string of the molecule is O=C(Cc1ccccc1Br)N[C@@H]1CCN(c2cc(-c3ccc(F)cc3)[nH]n2)C1. The smallest absolute Gasteiger partial charge is 0.224 e. The van der Waals surface area contributed by atoms with E-state index >= 15 is 0 Å². The van der Waals surface area contributed by atoms with Crippen molar-refractivity contribution in [1.82, 2.24) is 15.5 Å². The topological polar surface area (TPSA) is 61.0 Å². The Kier molecular flexibility index (Phi) is 5.43. The number of rotatable bonds is 5. The van der Waals surface area contributed by atoms with Crippen molar-refractivity contribution in [2.24, 2.45) is 0 Å². The Morgan fingerprint density at radius 1 is 1.25 bits per heavy atom. The summed E-state index contributed by atoms with van der Waals surface area (Å²) in [4.78, 5) is 14.5. The Balaban J connectivity index is 1.35. The number of hydrogen-bond acceptors (Lipinski definition) is 3. The molecule has 1 aliphatic rings. The molecule has 2 aromatic carbocycles. The van der Waals surface area contributed by atoms with Gasteiger partial charge in [-0.1, -0.05) is 34.1 Å². The minimum Gasteiger partial charge on any atom is -0.353 e. The minimum atomic E-state index is -0.260. The molecule has 0 spiro atoms. The highest BCUT2D eigenvalue weighted by molar-refractivity contribution is 9.10. The summed E-state index contributed by atoms with van der Waals surface area (Å²) in [5.41, 5.74) is 2.71. The van der Waals surface area contributed by atoms with Crippen molar-refractivity contribution >= 4 is 27.7 Å². The molecule has 0 radical (unpaired) electrons. The summed E-state index contributed by atoms with van der Waals surface area (Å²) in [6, 6.07) is 16.1. The number of carbonyl (C=O) groups excluding carboxylic acids is 1. The van der Waals surface area contributed by atoms with E-state index in [2.05, 4.69) is 36.3 Å². The lowest BCUT2D eigenvalue weighted by molar-refractivity contribution is -0.121. The van der Waals surface area contributed by atoms with Gasteiger partial charge in [-0.15, -0.1) is 0 Å². The van der Waals surface area contributed by atoms with Crippen molar-refractivity contribution in [1.29, 1.82) is 0 Å². The zero-order chi connectivity index (χ0) is 19.5. The fraction of sp³-hybridized carbons (Fsp3) is 0.238. The molecule has 1 atom stereocenters. The van der Waals surface area contributed by atoms with Gasteiger partial charge in [0.1, 0.15) is 5.82 Å². The van der Waals surface area contributed by atoms with Crippen LogP contribution in [0.4, 0.5) is 10.2 Å². The molecular formula is C21H20BrFN4O. The van der Waals surface area contributed by atoms with E-state index < -0.39 is 0 Å². The molecule has 1 amide bonds. The fourth-order valence-corrected chi connectivity index (χ4v) is 3.86. The molecule has 144 valence electrons. The van der Waals surface area contributed by atoms with E-state index in [-0.39, 0.29) is 17.8 Å². The van der Waals surface area contributed by atoms with Gasteiger partial charge in [0.15, 0.2) is 5.82 Å². The monoisotopic (exact) mass is 442 g/mol. The lowest BCUT2D eigenvalue weighted by Crippen LogP contribution is -2.38. The van der Waals surface area contributed by atoms with Gasteiger partial charge in [0.05, 0.1) is 12.1 Å². The van der Waals surface area contributed by atoms with E-state index in [0.29, 0.717) is 6.42 Å². The molecule has 0 unspecified atom stereocenters. The maximum atomic E-state index is 13.1. The van der Waals surface area contributed by atoms with Crippen LogP contribution in [0.25, 0.3) is 11.3 Å². The van der Waals surface area contributed by atoms with E-state index in [9.17, 15) is 9.18 Å². The van der Waals surface area contributed by atoms with Gasteiger partial charge in [0.25, 0.3) is 0 Å². The first-order chi connectivity index (χ1) is 13.6. The van der Waals surface area contributed by atoms with Gasteiger partial charge in [-0.25, -0.2) is 4.39 Å². The van der Waals surface area contributed by atoms with E-state index in [1.165, 1.54) is 12.1 Å². The largest absolute Gasteiger partial charge is 0.353 e. The van der Waals surface area contributed by atoms with Gasteiger partial charge in [-0.05, 0) is 47.9 Å². The molecule has 1 saturated heterocycles. The minimum absolute atomic E-state index is 0.0211. The van der Waals surface area contributed by atoms with Crippen molar-refractivity contribution in [2.75, 3.05) is 18.0 Å². The number of H-pyrrole nitrogens is 1. The van der Waals surface area contributed by atoms with Gasteiger partial charge < -0.3 is 10.2 Å². The third-order valence-electron chi connectivity index (χ3n) is 4.91. The van der Waals surface area contributed by atoms with Crippen molar-refractivity contribution in [2.45, 2.75) is 18.9 Å². The summed E-state index contributed by atoms with van der Waals surface area (Å²) in [6.45, 7) is 1.54. The predicted octanol–water partition coefficient (Wildman–Crippen LogP) is 3.92. The summed E-state index contributed by atoms with van der Waals surface area (Å²) in [6.07, 6.45) is 1.23. The van der Waals surface area contributed by atoms with Crippen molar-refractivity contribution in [3.63, 3.8) is 0 Å². The Morgan fingerprint density at radius 3 is 2.82 bits per heavy atom. The molecule has 3 aromatic rings. The number of carbonyl (C=O) groups is 1. The lowest BCUT2D eigenvalue weighted by Gasteiger charge is -2.16. The lowest BCUT2D eigenvalue weighted by atomic mass is 10.1. The zero-order valence-electron chi connectivity index (χ0n) is 15.2. The van der Waals surface area contributed by atoms with Crippen LogP contribution >= 0.6 is 15.9 Å². The average Bonchev–Trinajstić information content (AvgIpc) is 3.34. The molecule has 4 rings (SSSR count). The summed E-state index contributed by atoms with van der Waals surface area (Å²) in [7, 11) is 0. The van der Waals surface area contributed by atoms with Crippen LogP contribution in [0.15, 0.2) is 59.1 Å². The number of nitrogens with one attached hydrogen (secondary N) is 2. The number of nitrogens with zero attached hydrogens (tertiary/aromatic N) is 2. The zero-order valence-corrected chi connectivity index (χ0v) is 16.7. The molecule has 2 N–H and O–H groups in total. The Bertz CT molecular complexity index is 973. The van der Waals surface area contributed by atoms with E-state index in [4.69, 9.17) is 0 Å². The van der Waals surface area contributed by atoms with Crippen LogP contribution in [0.5, 0.6) is 0 Å². The first-order valence-corrected chi connectivity index (χ1v) is 9.97. The predicted molar refractivity (Wildman–Crippen MR) is 111 cm³/mol. The summed E-state index contributed by atoms with van der Waals surface area (Å²) in [5, 5.41) is 10.5. The maximum Gasteiger partial charge on any atom is 0.224 e. The molecule has 0 saturated carbocycles. The van der Waals surface area contributed by atoms with Crippen molar-refractivity contribution in [3.8, 4) is 11.3 Å². The molecule has 1 aromatic heterocycles. The second-order valence-corrected chi connectivity index (χ2v) is 7.77. The first-order valence-electron chi connectivity index (χ1n) is 9.17. The van der Waals surface area contributed by atoms with Crippen LogP contribution in [0.2, 0.25) is 0 Å².